The maximum Gasteiger partial charge on any atom is 0.327 e. The molecule has 0 saturated heterocycles. The molecule has 0 aromatic rings. The third-order valence-electron chi connectivity index (χ3n) is 0.508. The summed E-state index contributed by atoms with van der Waals surface area (Å²) >= 11 is 0. The first kappa shape index (κ1) is 8.50. The standard InChI is InChI=1S/C3H8N4O3/c4-3(5)6-7(10)1-2(8)9/h10H,1H2,(H,8,9)(H4,4,5,6). The monoisotopic (exact) mass is 148 g/mol. The first-order valence-corrected chi connectivity index (χ1v) is 2.30. The molecule has 0 unspecified atom stereocenters. The Morgan fingerprint density at radius 3 is 2.40 bits per heavy atom. The zero-order chi connectivity index (χ0) is 8.15. The summed E-state index contributed by atoms with van der Waals surface area (Å²) in [7, 11) is 0. The summed E-state index contributed by atoms with van der Waals surface area (Å²) in [6.07, 6.45) is 0. The normalized spacial score (nSPS) is 8.50. The van der Waals surface area contributed by atoms with Gasteiger partial charge in [0.2, 0.25) is 5.96 Å². The van der Waals surface area contributed by atoms with Crippen LogP contribution < -0.4 is 11.5 Å². The summed E-state index contributed by atoms with van der Waals surface area (Å²) in [5.74, 6) is -1.63. The number of hydroxylamine groups is 1. The van der Waals surface area contributed by atoms with Crippen molar-refractivity contribution in [3.8, 4) is 0 Å². The van der Waals surface area contributed by atoms with Gasteiger partial charge in [-0.1, -0.05) is 0 Å². The molecule has 0 spiro atoms. The second kappa shape index (κ2) is 3.51. The van der Waals surface area contributed by atoms with Gasteiger partial charge in [0, 0.05) is 0 Å². The number of carbonyl (C=O) groups is 1. The number of hydrogen-bond donors (Lipinski definition) is 4. The van der Waals surface area contributed by atoms with E-state index in [1.807, 2.05) is 0 Å². The number of guanidine groups is 1. The second-order valence-corrected chi connectivity index (χ2v) is 1.45. The van der Waals surface area contributed by atoms with Crippen LogP contribution in [0.1, 0.15) is 0 Å². The highest BCUT2D eigenvalue weighted by atomic mass is 16.5. The fraction of sp³-hybridized carbons (Fsp3) is 0.333. The lowest BCUT2D eigenvalue weighted by atomic mass is 10.7. The number of carboxylic acid groups (broad SMARTS) is 1. The molecule has 7 heteroatoms. The Morgan fingerprint density at radius 1 is 1.60 bits per heavy atom. The van der Waals surface area contributed by atoms with E-state index < -0.39 is 18.5 Å². The van der Waals surface area contributed by atoms with Crippen molar-refractivity contribution in [1.82, 2.24) is 5.17 Å². The molecule has 0 aromatic carbocycles. The summed E-state index contributed by atoms with van der Waals surface area (Å²) in [6, 6.07) is 0. The summed E-state index contributed by atoms with van der Waals surface area (Å²) in [6.45, 7) is -0.655. The highest BCUT2D eigenvalue weighted by Gasteiger charge is 2.01. The third kappa shape index (κ3) is 4.65. The van der Waals surface area contributed by atoms with E-state index in [0.717, 1.165) is 0 Å². The number of nitrogens with zero attached hydrogens (tertiary/aromatic N) is 2. The van der Waals surface area contributed by atoms with Crippen LogP contribution in [-0.2, 0) is 4.79 Å². The van der Waals surface area contributed by atoms with Crippen LogP contribution in [0.25, 0.3) is 0 Å². The Kier molecular flexibility index (Phi) is 2.98. The quantitative estimate of drug-likeness (QED) is 0.207. The first-order valence-electron chi connectivity index (χ1n) is 2.30. The smallest absolute Gasteiger partial charge is 0.327 e. The average molecular weight is 148 g/mol. The Morgan fingerprint density at radius 2 is 2.10 bits per heavy atom. The van der Waals surface area contributed by atoms with Crippen LogP contribution in [0, 0.1) is 0 Å². The highest BCUT2D eigenvalue weighted by Crippen LogP contribution is 1.79. The molecule has 0 heterocycles. The van der Waals surface area contributed by atoms with Crippen LogP contribution in [0.4, 0.5) is 0 Å². The zero-order valence-electron chi connectivity index (χ0n) is 5.06. The molecular weight excluding hydrogens is 140 g/mol. The SMILES string of the molecule is NC(N)=NN(O)CC(=O)O. The molecule has 0 amide bonds. The van der Waals surface area contributed by atoms with Crippen molar-refractivity contribution >= 4 is 11.9 Å². The molecule has 0 atom stereocenters. The molecule has 0 rings (SSSR count). The van der Waals surface area contributed by atoms with Gasteiger partial charge in [-0.25, -0.2) is 0 Å². The van der Waals surface area contributed by atoms with E-state index >= 15 is 0 Å². The predicted octanol–water partition coefficient (Wildman–Crippen LogP) is -2.05. The van der Waals surface area contributed by atoms with E-state index in [1.54, 1.807) is 0 Å². The molecule has 6 N–H and O–H groups in total. The van der Waals surface area contributed by atoms with Crippen LogP contribution in [0.15, 0.2) is 5.10 Å². The molecule has 0 saturated carbocycles. The maximum atomic E-state index is 9.84. The van der Waals surface area contributed by atoms with Gasteiger partial charge < -0.3 is 16.6 Å². The molecule has 0 aliphatic heterocycles. The van der Waals surface area contributed by atoms with Gasteiger partial charge >= 0.3 is 5.97 Å². The molecule has 0 radical (unpaired) electrons. The van der Waals surface area contributed by atoms with Gasteiger partial charge in [-0.15, -0.1) is 5.10 Å². The number of hydrogen-bond acceptors (Lipinski definition) is 4. The molecule has 0 aliphatic carbocycles. The van der Waals surface area contributed by atoms with Crippen molar-refractivity contribution in [2.24, 2.45) is 16.6 Å². The van der Waals surface area contributed by atoms with E-state index in [1.165, 1.54) is 0 Å². The topological polar surface area (TPSA) is 125 Å². The number of hydrazone groups is 1. The van der Waals surface area contributed by atoms with Crippen LogP contribution in [0.2, 0.25) is 0 Å². The van der Waals surface area contributed by atoms with Gasteiger partial charge in [0.05, 0.1) is 0 Å². The predicted molar refractivity (Wildman–Crippen MR) is 31.9 cm³/mol. The Balaban J connectivity index is 3.75. The first-order chi connectivity index (χ1) is 4.52. The van der Waals surface area contributed by atoms with Crippen LogP contribution in [0.5, 0.6) is 0 Å². The Labute approximate surface area is 56.5 Å². The number of carboxylic acids is 1. The third-order valence-corrected chi connectivity index (χ3v) is 0.508. The molecule has 0 bridgehead atoms. The van der Waals surface area contributed by atoms with Crippen LogP contribution in [0.3, 0.4) is 0 Å². The molecule has 0 aromatic heterocycles. The summed E-state index contributed by atoms with van der Waals surface area (Å²) in [5.41, 5.74) is 9.60. The minimum Gasteiger partial charge on any atom is -0.480 e. The Hall–Kier alpha value is -1.50. The van der Waals surface area contributed by atoms with Gasteiger partial charge in [0.15, 0.2) is 6.54 Å². The van der Waals surface area contributed by atoms with E-state index in [4.69, 9.17) is 21.8 Å². The average Bonchev–Trinajstić information content (AvgIpc) is 1.58. The van der Waals surface area contributed by atoms with Crippen molar-refractivity contribution in [3.63, 3.8) is 0 Å². The lowest BCUT2D eigenvalue weighted by Crippen LogP contribution is -2.30. The minimum atomic E-state index is -1.23. The van der Waals surface area contributed by atoms with Gasteiger partial charge in [0.1, 0.15) is 0 Å². The zero-order valence-corrected chi connectivity index (χ0v) is 5.06. The summed E-state index contributed by atoms with van der Waals surface area (Å²) in [5, 5.41) is 19.7. The summed E-state index contributed by atoms with van der Waals surface area (Å²) in [4.78, 5) is 9.84. The van der Waals surface area contributed by atoms with Crippen molar-refractivity contribution < 1.29 is 15.1 Å². The van der Waals surface area contributed by atoms with Crippen molar-refractivity contribution in [2.75, 3.05) is 6.54 Å². The molecule has 0 aliphatic rings. The van der Waals surface area contributed by atoms with Gasteiger partial charge in [-0.05, 0) is 0 Å². The lowest BCUT2D eigenvalue weighted by molar-refractivity contribution is -0.153. The maximum absolute atomic E-state index is 9.84. The molecular formula is C3H8N4O3. The molecule has 10 heavy (non-hydrogen) atoms. The Bertz CT molecular complexity index is 152. The second-order valence-electron chi connectivity index (χ2n) is 1.45. The van der Waals surface area contributed by atoms with Crippen LogP contribution >= 0.6 is 0 Å². The fourth-order valence-electron chi connectivity index (χ4n) is 0.290. The van der Waals surface area contributed by atoms with Crippen molar-refractivity contribution in [2.45, 2.75) is 0 Å². The van der Waals surface area contributed by atoms with Gasteiger partial charge in [-0.3, -0.25) is 10.0 Å². The lowest BCUT2D eigenvalue weighted by Gasteiger charge is -2.05. The molecule has 0 fully saturated rings. The van der Waals surface area contributed by atoms with E-state index in [2.05, 4.69) is 5.10 Å². The molecule has 7 nitrogen and oxygen atoms in total. The van der Waals surface area contributed by atoms with E-state index in [0.29, 0.717) is 0 Å². The summed E-state index contributed by atoms with van der Waals surface area (Å²) < 4.78 is 0. The van der Waals surface area contributed by atoms with Crippen molar-refractivity contribution in [3.05, 3.63) is 0 Å². The minimum absolute atomic E-state index is 0.137. The van der Waals surface area contributed by atoms with Crippen molar-refractivity contribution in [1.29, 1.82) is 0 Å². The fourth-order valence-corrected chi connectivity index (χ4v) is 0.290. The van der Waals surface area contributed by atoms with Gasteiger partial charge in [-0.2, -0.15) is 5.17 Å². The van der Waals surface area contributed by atoms with Crippen LogP contribution in [-0.4, -0.2) is 34.0 Å². The number of nitrogens with two attached hydrogens (primary N) is 2. The highest BCUT2D eigenvalue weighted by molar-refractivity contribution is 5.75. The number of aliphatic carboxylic acids is 1. The number of rotatable bonds is 3. The largest absolute Gasteiger partial charge is 0.480 e. The van der Waals surface area contributed by atoms with E-state index in [9.17, 15) is 4.79 Å². The van der Waals surface area contributed by atoms with E-state index in [-0.39, 0.29) is 5.17 Å². The van der Waals surface area contributed by atoms with Gasteiger partial charge in [0.25, 0.3) is 0 Å². The molecule has 58 valence electrons.